The van der Waals surface area contributed by atoms with Crippen molar-refractivity contribution in [2.75, 3.05) is 18.7 Å². The second-order valence-corrected chi connectivity index (χ2v) is 6.24. The number of rotatable bonds is 6. The van der Waals surface area contributed by atoms with E-state index in [-0.39, 0.29) is 24.3 Å². The summed E-state index contributed by atoms with van der Waals surface area (Å²) in [5, 5.41) is 5.34. The van der Waals surface area contributed by atoms with Crippen LogP contribution in [0.1, 0.15) is 35.8 Å². The molecule has 28 heavy (non-hydrogen) atoms. The summed E-state index contributed by atoms with van der Waals surface area (Å²) in [5.41, 5.74) is 1.55. The molecule has 146 valence electrons. The van der Waals surface area contributed by atoms with E-state index in [4.69, 9.17) is 14.2 Å². The minimum Gasteiger partial charge on any atom is -0.454 e. The number of nitrogens with one attached hydrogen (secondary N) is 2. The largest absolute Gasteiger partial charge is 0.454 e. The number of hydrogen-bond donors (Lipinski definition) is 2. The van der Waals surface area contributed by atoms with Crippen LogP contribution in [0.4, 0.5) is 5.69 Å². The van der Waals surface area contributed by atoms with Gasteiger partial charge in [0, 0.05) is 12.6 Å². The van der Waals surface area contributed by atoms with Crippen LogP contribution in [0, 0.1) is 0 Å². The van der Waals surface area contributed by atoms with Crippen molar-refractivity contribution in [2.45, 2.75) is 19.9 Å². The fraction of sp³-hybridized carbons (Fsp3) is 0.250. The molecule has 2 amide bonds. The van der Waals surface area contributed by atoms with E-state index < -0.39 is 18.5 Å². The SMILES string of the molecule is CC(=O)Nc1cccc(C(=O)OCC(=O)N[C@H](C)c2ccc3c(c2)OCO3)c1. The molecule has 8 nitrogen and oxygen atoms in total. The van der Waals surface area contributed by atoms with Gasteiger partial charge >= 0.3 is 5.97 Å². The highest BCUT2D eigenvalue weighted by atomic mass is 16.7. The van der Waals surface area contributed by atoms with Gasteiger partial charge in [0.15, 0.2) is 18.1 Å². The highest BCUT2D eigenvalue weighted by molar-refractivity contribution is 5.94. The van der Waals surface area contributed by atoms with Crippen molar-refractivity contribution in [1.82, 2.24) is 5.32 Å². The smallest absolute Gasteiger partial charge is 0.338 e. The van der Waals surface area contributed by atoms with Crippen LogP contribution >= 0.6 is 0 Å². The standard InChI is InChI=1S/C20H20N2O6/c1-12(14-6-7-17-18(9-14)28-11-27-17)21-19(24)10-26-20(25)15-4-3-5-16(8-15)22-13(2)23/h3-9,12H,10-11H2,1-2H3,(H,21,24)(H,22,23)/t12-/m1/s1. The number of benzene rings is 2. The van der Waals surface area contributed by atoms with E-state index in [0.29, 0.717) is 17.2 Å². The molecule has 1 aliphatic rings. The highest BCUT2D eigenvalue weighted by Crippen LogP contribution is 2.34. The molecule has 1 aliphatic heterocycles. The van der Waals surface area contributed by atoms with Crippen molar-refractivity contribution in [3.05, 3.63) is 53.6 Å². The van der Waals surface area contributed by atoms with Crippen LogP contribution in [0.2, 0.25) is 0 Å². The van der Waals surface area contributed by atoms with Gasteiger partial charge in [-0.2, -0.15) is 0 Å². The van der Waals surface area contributed by atoms with E-state index in [2.05, 4.69) is 10.6 Å². The summed E-state index contributed by atoms with van der Waals surface area (Å²) in [6, 6.07) is 11.4. The maximum absolute atomic E-state index is 12.1. The molecule has 0 bridgehead atoms. The molecule has 0 unspecified atom stereocenters. The number of carbonyl (C=O) groups is 3. The molecule has 0 spiro atoms. The molecule has 2 aromatic carbocycles. The number of esters is 1. The molecule has 1 heterocycles. The first-order valence-electron chi connectivity index (χ1n) is 8.66. The van der Waals surface area contributed by atoms with Crippen LogP contribution in [-0.4, -0.2) is 31.2 Å². The van der Waals surface area contributed by atoms with Crippen molar-refractivity contribution >= 4 is 23.5 Å². The Bertz CT molecular complexity index is 911. The first-order chi connectivity index (χ1) is 13.4. The molecular formula is C20H20N2O6. The summed E-state index contributed by atoms with van der Waals surface area (Å²) in [5.74, 6) is -0.0428. The number of hydrogen-bond acceptors (Lipinski definition) is 6. The van der Waals surface area contributed by atoms with E-state index in [9.17, 15) is 14.4 Å². The summed E-state index contributed by atoms with van der Waals surface area (Å²) in [4.78, 5) is 35.3. The Labute approximate surface area is 161 Å². The zero-order valence-corrected chi connectivity index (χ0v) is 15.5. The summed E-state index contributed by atoms with van der Waals surface area (Å²) < 4.78 is 15.6. The molecule has 2 aromatic rings. The lowest BCUT2D eigenvalue weighted by Gasteiger charge is -2.15. The van der Waals surface area contributed by atoms with E-state index >= 15 is 0 Å². The van der Waals surface area contributed by atoms with Gasteiger partial charge in [0.1, 0.15) is 0 Å². The third-order valence-corrected chi connectivity index (χ3v) is 4.03. The van der Waals surface area contributed by atoms with Gasteiger partial charge in [0.05, 0.1) is 11.6 Å². The molecule has 8 heteroatoms. The van der Waals surface area contributed by atoms with Crippen LogP contribution in [0.25, 0.3) is 0 Å². The lowest BCUT2D eigenvalue weighted by Crippen LogP contribution is -2.31. The van der Waals surface area contributed by atoms with Gasteiger partial charge < -0.3 is 24.8 Å². The molecule has 0 radical (unpaired) electrons. The van der Waals surface area contributed by atoms with Crippen molar-refractivity contribution in [1.29, 1.82) is 0 Å². The number of anilines is 1. The predicted molar refractivity (Wildman–Crippen MR) is 100 cm³/mol. The average molecular weight is 384 g/mol. The second kappa shape index (κ2) is 8.43. The molecule has 0 saturated heterocycles. The van der Waals surface area contributed by atoms with E-state index in [1.54, 1.807) is 30.3 Å². The zero-order valence-electron chi connectivity index (χ0n) is 15.5. The summed E-state index contributed by atoms with van der Waals surface area (Å²) in [7, 11) is 0. The van der Waals surface area contributed by atoms with Gasteiger partial charge in [0.2, 0.25) is 12.7 Å². The van der Waals surface area contributed by atoms with Crippen molar-refractivity contribution in [3.63, 3.8) is 0 Å². The molecule has 0 saturated carbocycles. The molecule has 0 aliphatic carbocycles. The average Bonchev–Trinajstić information content (AvgIpc) is 3.13. The first kappa shape index (κ1) is 19.2. The molecule has 3 rings (SSSR count). The third kappa shape index (κ3) is 4.79. The van der Waals surface area contributed by atoms with Crippen LogP contribution in [0.15, 0.2) is 42.5 Å². The number of carbonyl (C=O) groups excluding carboxylic acids is 3. The maximum atomic E-state index is 12.1. The van der Waals surface area contributed by atoms with Gasteiger partial charge in [-0.1, -0.05) is 12.1 Å². The Morgan fingerprint density at radius 3 is 2.68 bits per heavy atom. The van der Waals surface area contributed by atoms with Gasteiger partial charge in [-0.15, -0.1) is 0 Å². The van der Waals surface area contributed by atoms with Crippen LogP contribution in [0.5, 0.6) is 11.5 Å². The Morgan fingerprint density at radius 2 is 1.89 bits per heavy atom. The molecule has 2 N–H and O–H groups in total. The fourth-order valence-corrected chi connectivity index (χ4v) is 2.69. The molecule has 0 aromatic heterocycles. The lowest BCUT2D eigenvalue weighted by atomic mass is 10.1. The maximum Gasteiger partial charge on any atom is 0.338 e. The zero-order chi connectivity index (χ0) is 20.1. The van der Waals surface area contributed by atoms with Gasteiger partial charge in [-0.25, -0.2) is 4.79 Å². The quantitative estimate of drug-likeness (QED) is 0.742. The predicted octanol–water partition coefficient (Wildman–Crippen LogP) is 2.41. The van der Waals surface area contributed by atoms with Crippen molar-refractivity contribution < 1.29 is 28.6 Å². The van der Waals surface area contributed by atoms with Crippen LogP contribution < -0.4 is 20.1 Å². The van der Waals surface area contributed by atoms with E-state index in [1.165, 1.54) is 13.0 Å². The summed E-state index contributed by atoms with van der Waals surface area (Å²) in [6.07, 6.45) is 0. The van der Waals surface area contributed by atoms with Crippen molar-refractivity contribution in [2.24, 2.45) is 0 Å². The third-order valence-electron chi connectivity index (χ3n) is 4.03. The monoisotopic (exact) mass is 384 g/mol. The van der Waals surface area contributed by atoms with Gasteiger partial charge in [-0.05, 0) is 42.8 Å². The Hall–Kier alpha value is -3.55. The van der Waals surface area contributed by atoms with E-state index in [0.717, 1.165) is 5.56 Å². The molecule has 0 fully saturated rings. The van der Waals surface area contributed by atoms with Crippen molar-refractivity contribution in [3.8, 4) is 11.5 Å². The van der Waals surface area contributed by atoms with Gasteiger partial charge in [0.25, 0.3) is 5.91 Å². The Morgan fingerprint density at radius 1 is 1.11 bits per heavy atom. The molecule has 1 atom stereocenters. The topological polar surface area (TPSA) is 103 Å². The Balaban J connectivity index is 1.52. The highest BCUT2D eigenvalue weighted by Gasteiger charge is 2.18. The minimum atomic E-state index is -0.655. The normalized spacial score (nSPS) is 12.8. The lowest BCUT2D eigenvalue weighted by molar-refractivity contribution is -0.124. The number of ether oxygens (including phenoxy) is 3. The number of fused-ring (bicyclic) bond motifs is 1. The van der Waals surface area contributed by atoms with Crippen LogP contribution in [0.3, 0.4) is 0 Å². The Kier molecular flexibility index (Phi) is 5.78. The second-order valence-electron chi connectivity index (χ2n) is 6.24. The fourth-order valence-electron chi connectivity index (χ4n) is 2.69. The molecular weight excluding hydrogens is 364 g/mol. The first-order valence-corrected chi connectivity index (χ1v) is 8.66. The number of amides is 2. The van der Waals surface area contributed by atoms with E-state index in [1.807, 2.05) is 13.0 Å². The van der Waals surface area contributed by atoms with Gasteiger partial charge in [-0.3, -0.25) is 9.59 Å². The van der Waals surface area contributed by atoms with Crippen LogP contribution in [-0.2, 0) is 14.3 Å². The minimum absolute atomic E-state index is 0.179. The summed E-state index contributed by atoms with van der Waals surface area (Å²) >= 11 is 0. The summed E-state index contributed by atoms with van der Waals surface area (Å²) in [6.45, 7) is 2.95.